The second-order valence-corrected chi connectivity index (χ2v) is 7.59. The molecule has 138 valence electrons. The number of halogens is 1. The van der Waals surface area contributed by atoms with E-state index in [1.807, 2.05) is 0 Å². The molecule has 1 saturated heterocycles. The summed E-state index contributed by atoms with van der Waals surface area (Å²) >= 11 is 5.81. The molecule has 0 aliphatic carbocycles. The number of likely N-dealkylation sites (tertiary alicyclic amines) is 1. The third-order valence-corrected chi connectivity index (χ3v) is 5.16. The average Bonchev–Trinajstić information content (AvgIpc) is 2.56. The zero-order valence-corrected chi connectivity index (χ0v) is 15.8. The number of hydrogen-bond donors (Lipinski definition) is 1. The van der Waals surface area contributed by atoms with Crippen molar-refractivity contribution in [3.8, 4) is 0 Å². The molecule has 0 bridgehead atoms. The van der Waals surface area contributed by atoms with Crippen molar-refractivity contribution < 1.29 is 9.72 Å². The summed E-state index contributed by atoms with van der Waals surface area (Å²) in [6, 6.07) is 4.34. The molecule has 1 amide bonds. The van der Waals surface area contributed by atoms with E-state index in [0.717, 1.165) is 19.0 Å². The van der Waals surface area contributed by atoms with Crippen molar-refractivity contribution in [3.05, 3.63) is 38.9 Å². The lowest BCUT2D eigenvalue weighted by Crippen LogP contribution is -2.49. The quantitative estimate of drug-likeness (QED) is 0.614. The van der Waals surface area contributed by atoms with Gasteiger partial charge in [-0.25, -0.2) is 0 Å². The fourth-order valence-electron chi connectivity index (χ4n) is 3.29. The van der Waals surface area contributed by atoms with Crippen molar-refractivity contribution in [3.63, 3.8) is 0 Å². The van der Waals surface area contributed by atoms with Crippen LogP contribution in [0.25, 0.3) is 0 Å². The Balaban J connectivity index is 2.05. The first-order valence-electron chi connectivity index (χ1n) is 8.75. The summed E-state index contributed by atoms with van der Waals surface area (Å²) in [5.74, 6) is 0.698. The molecular formula is C18H26ClN3O3. The Hall–Kier alpha value is -1.66. The first-order chi connectivity index (χ1) is 11.8. The average molecular weight is 368 g/mol. The van der Waals surface area contributed by atoms with Crippen molar-refractivity contribution >= 4 is 23.2 Å². The van der Waals surface area contributed by atoms with Gasteiger partial charge in [0.1, 0.15) is 5.56 Å². The maximum Gasteiger partial charge on any atom is 0.283 e. The number of nitro groups is 1. The van der Waals surface area contributed by atoms with Gasteiger partial charge in [-0.1, -0.05) is 32.4 Å². The topological polar surface area (TPSA) is 75.5 Å². The van der Waals surface area contributed by atoms with Gasteiger partial charge in [-0.3, -0.25) is 19.8 Å². The van der Waals surface area contributed by atoms with Crippen molar-refractivity contribution in [1.29, 1.82) is 0 Å². The van der Waals surface area contributed by atoms with Crippen LogP contribution in [-0.2, 0) is 0 Å². The van der Waals surface area contributed by atoms with Crippen molar-refractivity contribution in [2.75, 3.05) is 19.6 Å². The third kappa shape index (κ3) is 5.16. The first-order valence-corrected chi connectivity index (χ1v) is 9.13. The van der Waals surface area contributed by atoms with Crippen molar-refractivity contribution in [2.45, 2.75) is 39.7 Å². The molecule has 25 heavy (non-hydrogen) atoms. The molecule has 0 radical (unpaired) electrons. The molecule has 1 aliphatic heterocycles. The maximum absolute atomic E-state index is 12.5. The Labute approximate surface area is 153 Å². The fourth-order valence-corrected chi connectivity index (χ4v) is 3.45. The minimum atomic E-state index is -0.577. The zero-order valence-electron chi connectivity index (χ0n) is 15.0. The molecule has 6 nitrogen and oxygen atoms in total. The van der Waals surface area contributed by atoms with E-state index < -0.39 is 10.8 Å². The molecule has 1 N–H and O–H groups in total. The van der Waals surface area contributed by atoms with Crippen LogP contribution in [0.15, 0.2) is 18.2 Å². The number of nitrogens with zero attached hydrogens (tertiary/aromatic N) is 2. The molecule has 0 spiro atoms. The molecule has 1 fully saturated rings. The van der Waals surface area contributed by atoms with Gasteiger partial charge in [-0.15, -0.1) is 0 Å². The monoisotopic (exact) mass is 367 g/mol. The standard InChI is InChI=1S/C18H26ClN3O3/c1-12(2)17(21-8-6-13(3)7-9-21)11-20-18(23)15-5-4-14(19)10-16(15)22(24)25/h4-5,10,12-13,17H,6-9,11H2,1-3H3,(H,20,23). The first kappa shape index (κ1) is 19.7. The number of piperidine rings is 1. The minimum absolute atomic E-state index is 0.0455. The highest BCUT2D eigenvalue weighted by atomic mass is 35.5. The van der Waals surface area contributed by atoms with Gasteiger partial charge >= 0.3 is 0 Å². The van der Waals surface area contributed by atoms with Gasteiger partial charge in [0.15, 0.2) is 0 Å². The fraction of sp³-hybridized carbons (Fsp3) is 0.611. The number of carbonyl (C=O) groups excluding carboxylic acids is 1. The molecule has 1 aromatic rings. The molecule has 1 heterocycles. The number of hydrogen-bond acceptors (Lipinski definition) is 4. The van der Waals surface area contributed by atoms with E-state index in [9.17, 15) is 14.9 Å². The summed E-state index contributed by atoms with van der Waals surface area (Å²) in [6.07, 6.45) is 2.33. The highest BCUT2D eigenvalue weighted by Crippen LogP contribution is 2.24. The molecule has 7 heteroatoms. The number of carbonyl (C=O) groups is 1. The summed E-state index contributed by atoms with van der Waals surface area (Å²) in [4.78, 5) is 25.5. The van der Waals surface area contributed by atoms with Crippen LogP contribution in [0.5, 0.6) is 0 Å². The minimum Gasteiger partial charge on any atom is -0.350 e. The van der Waals surface area contributed by atoms with Gasteiger partial charge in [0.25, 0.3) is 11.6 Å². The Kier molecular flexibility index (Phi) is 6.79. The molecule has 1 aliphatic rings. The summed E-state index contributed by atoms with van der Waals surface area (Å²) in [5, 5.41) is 14.3. The molecule has 1 unspecified atom stereocenters. The Morgan fingerprint density at radius 2 is 2.04 bits per heavy atom. The smallest absolute Gasteiger partial charge is 0.283 e. The lowest BCUT2D eigenvalue weighted by molar-refractivity contribution is -0.385. The van der Waals surface area contributed by atoms with E-state index in [-0.39, 0.29) is 22.3 Å². The van der Waals surface area contributed by atoms with E-state index in [0.29, 0.717) is 12.5 Å². The van der Waals surface area contributed by atoms with Gasteiger partial charge in [-0.05, 0) is 49.9 Å². The highest BCUT2D eigenvalue weighted by molar-refractivity contribution is 6.31. The second-order valence-electron chi connectivity index (χ2n) is 7.16. The van der Waals surface area contributed by atoms with Crippen molar-refractivity contribution in [2.24, 2.45) is 11.8 Å². The number of benzene rings is 1. The van der Waals surface area contributed by atoms with Crippen LogP contribution >= 0.6 is 11.6 Å². The number of nitro benzene ring substituents is 1. The van der Waals surface area contributed by atoms with Crippen LogP contribution in [0.1, 0.15) is 44.0 Å². The lowest BCUT2D eigenvalue weighted by atomic mass is 9.94. The van der Waals surface area contributed by atoms with Crippen LogP contribution < -0.4 is 5.32 Å². The van der Waals surface area contributed by atoms with Gasteiger partial charge in [0, 0.05) is 23.7 Å². The van der Waals surface area contributed by atoms with E-state index in [4.69, 9.17) is 11.6 Å². The van der Waals surface area contributed by atoms with E-state index in [1.165, 1.54) is 31.0 Å². The normalized spacial score (nSPS) is 17.5. The van der Waals surface area contributed by atoms with Gasteiger partial charge in [0.05, 0.1) is 4.92 Å². The van der Waals surface area contributed by atoms with Crippen LogP contribution in [-0.4, -0.2) is 41.4 Å². The number of nitrogens with one attached hydrogen (secondary N) is 1. The molecule has 1 aromatic carbocycles. The predicted molar refractivity (Wildman–Crippen MR) is 99.0 cm³/mol. The molecule has 0 saturated carbocycles. The Bertz CT molecular complexity index is 628. The van der Waals surface area contributed by atoms with Gasteiger partial charge in [0.2, 0.25) is 0 Å². The number of rotatable bonds is 6. The molecule has 2 rings (SSSR count). The maximum atomic E-state index is 12.5. The lowest BCUT2D eigenvalue weighted by Gasteiger charge is -2.38. The Morgan fingerprint density at radius 1 is 1.40 bits per heavy atom. The van der Waals surface area contributed by atoms with Crippen LogP contribution in [0.4, 0.5) is 5.69 Å². The Morgan fingerprint density at radius 3 is 2.60 bits per heavy atom. The van der Waals surface area contributed by atoms with Crippen LogP contribution in [0, 0.1) is 22.0 Å². The summed E-state index contributed by atoms with van der Waals surface area (Å²) < 4.78 is 0. The van der Waals surface area contributed by atoms with E-state index in [1.54, 1.807) is 0 Å². The molecule has 0 aromatic heterocycles. The molecular weight excluding hydrogens is 342 g/mol. The third-order valence-electron chi connectivity index (χ3n) is 4.93. The SMILES string of the molecule is CC1CCN(C(CNC(=O)c2ccc(Cl)cc2[N+](=O)[O-])C(C)C)CC1. The summed E-state index contributed by atoms with van der Waals surface area (Å²) in [6.45, 7) is 9.08. The summed E-state index contributed by atoms with van der Waals surface area (Å²) in [5.41, 5.74) is -0.220. The van der Waals surface area contributed by atoms with Gasteiger partial charge in [-0.2, -0.15) is 0 Å². The second kappa shape index (κ2) is 8.63. The highest BCUT2D eigenvalue weighted by Gasteiger charge is 2.27. The predicted octanol–water partition coefficient (Wildman–Crippen LogP) is 3.73. The van der Waals surface area contributed by atoms with Crippen LogP contribution in [0.3, 0.4) is 0 Å². The largest absolute Gasteiger partial charge is 0.350 e. The van der Waals surface area contributed by atoms with E-state index >= 15 is 0 Å². The van der Waals surface area contributed by atoms with Crippen molar-refractivity contribution in [1.82, 2.24) is 10.2 Å². The summed E-state index contributed by atoms with van der Waals surface area (Å²) in [7, 11) is 0. The number of amides is 1. The molecule has 1 atom stereocenters. The van der Waals surface area contributed by atoms with Crippen LogP contribution in [0.2, 0.25) is 5.02 Å². The zero-order chi connectivity index (χ0) is 18.6. The van der Waals surface area contributed by atoms with Gasteiger partial charge < -0.3 is 5.32 Å². The van der Waals surface area contributed by atoms with E-state index in [2.05, 4.69) is 31.0 Å².